The molecule has 0 bridgehead atoms. The lowest BCUT2D eigenvalue weighted by Gasteiger charge is -2.03. The van der Waals surface area contributed by atoms with Crippen molar-refractivity contribution < 1.29 is 4.74 Å². The van der Waals surface area contributed by atoms with Gasteiger partial charge in [0.15, 0.2) is 0 Å². The number of nitrogens with one attached hydrogen (secondary N) is 1. The van der Waals surface area contributed by atoms with Crippen LogP contribution in [0, 0.1) is 0 Å². The minimum atomic E-state index is 0.899. The fourth-order valence-electron chi connectivity index (χ4n) is 1.97. The number of H-pyrrole nitrogens is 1. The van der Waals surface area contributed by atoms with Crippen LogP contribution in [-0.4, -0.2) is 12.1 Å². The number of benzene rings is 2. The maximum Gasteiger partial charge on any atom is 0.119 e. The maximum atomic E-state index is 5.24. The Balaban J connectivity index is 2.48. The Kier molecular flexibility index (Phi) is 1.68. The molecule has 0 aliphatic heterocycles. The van der Waals surface area contributed by atoms with Gasteiger partial charge >= 0.3 is 0 Å². The number of rotatable bonds is 1. The largest absolute Gasteiger partial charge is 0.497 e. The van der Waals surface area contributed by atoms with Crippen molar-refractivity contribution >= 4 is 21.7 Å². The summed E-state index contributed by atoms with van der Waals surface area (Å²) in [4.78, 5) is 3.21. The molecular formula is C13H11NO. The van der Waals surface area contributed by atoms with Gasteiger partial charge in [-0.05, 0) is 35.0 Å². The van der Waals surface area contributed by atoms with Crippen LogP contribution in [-0.2, 0) is 0 Å². The van der Waals surface area contributed by atoms with Crippen molar-refractivity contribution in [1.29, 1.82) is 0 Å². The second kappa shape index (κ2) is 3.02. The van der Waals surface area contributed by atoms with Crippen LogP contribution in [0.5, 0.6) is 5.75 Å². The summed E-state index contributed by atoms with van der Waals surface area (Å²) in [6.45, 7) is 0. The Morgan fingerprint density at radius 1 is 1.00 bits per heavy atom. The average Bonchev–Trinajstić information content (AvgIpc) is 2.76. The molecule has 1 aromatic heterocycles. The average molecular weight is 197 g/mol. The van der Waals surface area contributed by atoms with Gasteiger partial charge in [0, 0.05) is 17.1 Å². The lowest BCUT2D eigenvalue weighted by Crippen LogP contribution is -1.82. The zero-order valence-corrected chi connectivity index (χ0v) is 8.45. The maximum absolute atomic E-state index is 5.24. The first-order valence-corrected chi connectivity index (χ1v) is 4.92. The molecule has 2 heteroatoms. The highest BCUT2D eigenvalue weighted by Gasteiger charge is 2.02. The summed E-state index contributed by atoms with van der Waals surface area (Å²) in [5.41, 5.74) is 1.16. The van der Waals surface area contributed by atoms with E-state index in [9.17, 15) is 0 Å². The summed E-state index contributed by atoms with van der Waals surface area (Å²) in [5.74, 6) is 0.899. The number of hydrogen-bond donors (Lipinski definition) is 1. The van der Waals surface area contributed by atoms with Crippen LogP contribution in [0.3, 0.4) is 0 Å². The second-order valence-corrected chi connectivity index (χ2v) is 3.59. The highest BCUT2D eigenvalue weighted by atomic mass is 16.5. The van der Waals surface area contributed by atoms with Crippen molar-refractivity contribution in [2.75, 3.05) is 7.11 Å². The van der Waals surface area contributed by atoms with Gasteiger partial charge in [0.1, 0.15) is 5.75 Å². The molecule has 0 atom stereocenters. The SMILES string of the molecule is COc1ccc2ccc3[nH]ccc3c2c1. The topological polar surface area (TPSA) is 25.0 Å². The van der Waals surface area contributed by atoms with Crippen molar-refractivity contribution in [1.82, 2.24) is 4.98 Å². The van der Waals surface area contributed by atoms with E-state index in [0.29, 0.717) is 0 Å². The Hall–Kier alpha value is -1.96. The molecule has 3 rings (SSSR count). The lowest BCUT2D eigenvalue weighted by atomic mass is 10.1. The Morgan fingerprint density at radius 2 is 1.87 bits per heavy atom. The third-order valence-corrected chi connectivity index (χ3v) is 2.76. The van der Waals surface area contributed by atoms with Crippen LogP contribution in [0.4, 0.5) is 0 Å². The third kappa shape index (κ3) is 1.18. The van der Waals surface area contributed by atoms with E-state index in [4.69, 9.17) is 4.74 Å². The molecule has 3 aromatic rings. The molecule has 0 amide bonds. The standard InChI is InChI=1S/C13H11NO/c1-15-10-4-2-9-3-5-13-11(6-7-14-13)12(9)8-10/h2-8,14H,1H3. The molecule has 0 saturated heterocycles. The zero-order valence-electron chi connectivity index (χ0n) is 8.45. The quantitative estimate of drug-likeness (QED) is 0.636. The molecule has 0 spiro atoms. The van der Waals surface area contributed by atoms with Crippen LogP contribution < -0.4 is 4.74 Å². The summed E-state index contributed by atoms with van der Waals surface area (Å²) < 4.78 is 5.24. The third-order valence-electron chi connectivity index (χ3n) is 2.76. The predicted octanol–water partition coefficient (Wildman–Crippen LogP) is 3.33. The van der Waals surface area contributed by atoms with Crippen LogP contribution in [0.1, 0.15) is 0 Å². The first-order chi connectivity index (χ1) is 7.38. The molecule has 74 valence electrons. The molecule has 0 unspecified atom stereocenters. The number of fused-ring (bicyclic) bond motifs is 3. The first kappa shape index (κ1) is 8.36. The molecule has 0 radical (unpaired) electrons. The molecule has 15 heavy (non-hydrogen) atoms. The van der Waals surface area contributed by atoms with Gasteiger partial charge < -0.3 is 9.72 Å². The Morgan fingerprint density at radius 3 is 2.73 bits per heavy atom. The highest BCUT2D eigenvalue weighted by molar-refractivity contribution is 6.06. The number of ether oxygens (including phenoxy) is 1. The van der Waals surface area contributed by atoms with Crippen molar-refractivity contribution in [2.45, 2.75) is 0 Å². The van der Waals surface area contributed by atoms with E-state index in [0.717, 1.165) is 11.3 Å². The highest BCUT2D eigenvalue weighted by Crippen LogP contribution is 2.27. The van der Waals surface area contributed by atoms with E-state index in [1.165, 1.54) is 16.2 Å². The van der Waals surface area contributed by atoms with Crippen LogP contribution in [0.25, 0.3) is 21.7 Å². The molecule has 0 saturated carbocycles. The first-order valence-electron chi connectivity index (χ1n) is 4.92. The summed E-state index contributed by atoms with van der Waals surface area (Å²) in [6, 6.07) is 12.5. The molecule has 2 nitrogen and oxygen atoms in total. The fourth-order valence-corrected chi connectivity index (χ4v) is 1.97. The van der Waals surface area contributed by atoms with Gasteiger partial charge in [0.25, 0.3) is 0 Å². The van der Waals surface area contributed by atoms with Gasteiger partial charge in [-0.3, -0.25) is 0 Å². The van der Waals surface area contributed by atoms with Gasteiger partial charge in [0.2, 0.25) is 0 Å². The summed E-state index contributed by atoms with van der Waals surface area (Å²) in [7, 11) is 1.69. The number of hydrogen-bond acceptors (Lipinski definition) is 1. The Bertz CT molecular complexity index is 625. The normalized spacial score (nSPS) is 11.0. The smallest absolute Gasteiger partial charge is 0.119 e. The van der Waals surface area contributed by atoms with Gasteiger partial charge in [-0.2, -0.15) is 0 Å². The number of aromatic nitrogens is 1. The van der Waals surface area contributed by atoms with Crippen LogP contribution in [0.15, 0.2) is 42.6 Å². The van der Waals surface area contributed by atoms with E-state index in [2.05, 4.69) is 35.3 Å². The minimum absolute atomic E-state index is 0.899. The van der Waals surface area contributed by atoms with Crippen molar-refractivity contribution in [3.8, 4) is 5.75 Å². The van der Waals surface area contributed by atoms with E-state index in [1.807, 2.05) is 12.3 Å². The summed E-state index contributed by atoms with van der Waals surface area (Å²) in [6.07, 6.45) is 1.96. The van der Waals surface area contributed by atoms with Gasteiger partial charge in [-0.15, -0.1) is 0 Å². The molecule has 0 fully saturated rings. The number of methoxy groups -OCH3 is 1. The van der Waals surface area contributed by atoms with E-state index in [1.54, 1.807) is 7.11 Å². The van der Waals surface area contributed by atoms with E-state index in [-0.39, 0.29) is 0 Å². The molecule has 1 N–H and O–H groups in total. The van der Waals surface area contributed by atoms with Crippen LogP contribution >= 0.6 is 0 Å². The van der Waals surface area contributed by atoms with E-state index >= 15 is 0 Å². The molecule has 0 aliphatic carbocycles. The zero-order chi connectivity index (χ0) is 10.3. The summed E-state index contributed by atoms with van der Waals surface area (Å²) >= 11 is 0. The summed E-state index contributed by atoms with van der Waals surface area (Å²) in [5, 5.41) is 3.71. The minimum Gasteiger partial charge on any atom is -0.497 e. The van der Waals surface area contributed by atoms with Crippen molar-refractivity contribution in [3.63, 3.8) is 0 Å². The molecular weight excluding hydrogens is 186 g/mol. The van der Waals surface area contributed by atoms with Gasteiger partial charge in [-0.1, -0.05) is 12.1 Å². The lowest BCUT2D eigenvalue weighted by molar-refractivity contribution is 0.415. The molecule has 0 aliphatic rings. The fraction of sp³-hybridized carbons (Fsp3) is 0.0769. The van der Waals surface area contributed by atoms with Gasteiger partial charge in [0.05, 0.1) is 7.11 Å². The predicted molar refractivity (Wildman–Crippen MR) is 62.4 cm³/mol. The van der Waals surface area contributed by atoms with Crippen LogP contribution in [0.2, 0.25) is 0 Å². The number of aromatic amines is 1. The Labute approximate surface area is 87.5 Å². The second-order valence-electron chi connectivity index (χ2n) is 3.59. The van der Waals surface area contributed by atoms with Crippen molar-refractivity contribution in [2.24, 2.45) is 0 Å². The monoisotopic (exact) mass is 197 g/mol. The van der Waals surface area contributed by atoms with Crippen molar-refractivity contribution in [3.05, 3.63) is 42.6 Å². The molecule has 1 heterocycles. The van der Waals surface area contributed by atoms with Gasteiger partial charge in [-0.25, -0.2) is 0 Å². The van der Waals surface area contributed by atoms with E-state index < -0.39 is 0 Å². The molecule has 2 aromatic carbocycles.